The lowest BCUT2D eigenvalue weighted by atomic mass is 10.1. The molecule has 0 unspecified atom stereocenters. The molecule has 0 aromatic heterocycles. The molecule has 1 aromatic carbocycles. The fourth-order valence-corrected chi connectivity index (χ4v) is 2.27. The summed E-state index contributed by atoms with van der Waals surface area (Å²) in [6.45, 7) is 5.10. The molecule has 1 atom stereocenters. The van der Waals surface area contributed by atoms with Gasteiger partial charge in [0.2, 0.25) is 11.8 Å². The van der Waals surface area contributed by atoms with Gasteiger partial charge in [0.05, 0.1) is 6.04 Å². The van der Waals surface area contributed by atoms with Crippen LogP contribution in [0.5, 0.6) is 0 Å². The second-order valence-corrected chi connectivity index (χ2v) is 5.71. The quantitative estimate of drug-likeness (QED) is 0.772. The van der Waals surface area contributed by atoms with Crippen LogP contribution in [-0.4, -0.2) is 24.4 Å². The molecule has 0 radical (unpaired) electrons. The number of nitrogens with one attached hydrogen (secondary N) is 3. The minimum Gasteiger partial charge on any atom is -0.351 e. The molecule has 1 fully saturated rings. The molecule has 1 aliphatic rings. The van der Waals surface area contributed by atoms with Gasteiger partial charge >= 0.3 is 0 Å². The van der Waals surface area contributed by atoms with E-state index in [1.165, 1.54) is 0 Å². The largest absolute Gasteiger partial charge is 0.351 e. The first-order chi connectivity index (χ1) is 10.1. The van der Waals surface area contributed by atoms with Crippen molar-refractivity contribution in [3.63, 3.8) is 0 Å². The third kappa shape index (κ3) is 4.56. The maximum atomic E-state index is 11.9. The lowest BCUT2D eigenvalue weighted by Crippen LogP contribution is -2.40. The van der Waals surface area contributed by atoms with Crippen molar-refractivity contribution in [3.8, 4) is 0 Å². The Morgan fingerprint density at radius 1 is 1.38 bits per heavy atom. The summed E-state index contributed by atoms with van der Waals surface area (Å²) < 4.78 is 0. The first-order valence-electron chi connectivity index (χ1n) is 7.47. The van der Waals surface area contributed by atoms with Gasteiger partial charge < -0.3 is 16.0 Å². The van der Waals surface area contributed by atoms with E-state index in [0.29, 0.717) is 6.54 Å². The van der Waals surface area contributed by atoms with E-state index in [1.807, 2.05) is 38.1 Å². The van der Waals surface area contributed by atoms with E-state index in [4.69, 9.17) is 0 Å². The fraction of sp³-hybridized carbons (Fsp3) is 0.500. The zero-order valence-corrected chi connectivity index (χ0v) is 12.6. The molecule has 2 amide bonds. The van der Waals surface area contributed by atoms with Gasteiger partial charge in [0.15, 0.2) is 0 Å². The van der Waals surface area contributed by atoms with E-state index in [9.17, 15) is 9.59 Å². The summed E-state index contributed by atoms with van der Waals surface area (Å²) in [4.78, 5) is 23.6. The van der Waals surface area contributed by atoms with Crippen LogP contribution in [-0.2, 0) is 16.1 Å². The molecule has 5 nitrogen and oxygen atoms in total. The van der Waals surface area contributed by atoms with Gasteiger partial charge in [-0.05, 0) is 37.1 Å². The fourth-order valence-electron chi connectivity index (χ4n) is 2.27. The Labute approximate surface area is 125 Å². The SMILES string of the molecule is CC(C)C(=O)Nc1cccc(CNC(=O)[C@@H]2CCCN2)c1. The minimum absolute atomic E-state index is 0.00802. The third-order valence-electron chi connectivity index (χ3n) is 3.56. The van der Waals surface area contributed by atoms with Crippen LogP contribution in [0.3, 0.4) is 0 Å². The molecule has 1 saturated heterocycles. The highest BCUT2D eigenvalue weighted by atomic mass is 16.2. The highest BCUT2D eigenvalue weighted by Gasteiger charge is 2.21. The van der Waals surface area contributed by atoms with Gasteiger partial charge in [-0.25, -0.2) is 0 Å². The van der Waals surface area contributed by atoms with Gasteiger partial charge in [-0.1, -0.05) is 26.0 Å². The van der Waals surface area contributed by atoms with Crippen molar-refractivity contribution >= 4 is 17.5 Å². The van der Waals surface area contributed by atoms with Gasteiger partial charge in [-0.2, -0.15) is 0 Å². The van der Waals surface area contributed by atoms with Crippen molar-refractivity contribution in [1.82, 2.24) is 10.6 Å². The van der Waals surface area contributed by atoms with Gasteiger partial charge in [0, 0.05) is 18.2 Å². The van der Waals surface area contributed by atoms with E-state index in [-0.39, 0.29) is 23.8 Å². The monoisotopic (exact) mass is 289 g/mol. The number of hydrogen-bond acceptors (Lipinski definition) is 3. The predicted octanol–water partition coefficient (Wildman–Crippen LogP) is 1.65. The highest BCUT2D eigenvalue weighted by Crippen LogP contribution is 2.12. The van der Waals surface area contributed by atoms with Gasteiger partial charge in [-0.15, -0.1) is 0 Å². The van der Waals surface area contributed by atoms with Gasteiger partial charge in [0.1, 0.15) is 0 Å². The topological polar surface area (TPSA) is 70.2 Å². The Morgan fingerprint density at radius 2 is 2.19 bits per heavy atom. The molecule has 2 rings (SSSR count). The Balaban J connectivity index is 1.88. The minimum atomic E-state index is -0.0613. The molecule has 0 bridgehead atoms. The van der Waals surface area contributed by atoms with Crippen LogP contribution in [0, 0.1) is 5.92 Å². The number of anilines is 1. The van der Waals surface area contributed by atoms with Crippen molar-refractivity contribution in [1.29, 1.82) is 0 Å². The summed E-state index contributed by atoms with van der Waals surface area (Å²) in [5.41, 5.74) is 1.74. The predicted molar refractivity (Wildman–Crippen MR) is 82.8 cm³/mol. The van der Waals surface area contributed by atoms with Crippen molar-refractivity contribution in [2.75, 3.05) is 11.9 Å². The molecule has 21 heavy (non-hydrogen) atoms. The molecular weight excluding hydrogens is 266 g/mol. The average Bonchev–Trinajstić information content (AvgIpc) is 2.99. The Hall–Kier alpha value is -1.88. The normalized spacial score (nSPS) is 17.8. The van der Waals surface area contributed by atoms with Gasteiger partial charge in [-0.3, -0.25) is 9.59 Å². The van der Waals surface area contributed by atoms with E-state index >= 15 is 0 Å². The zero-order chi connectivity index (χ0) is 15.2. The van der Waals surface area contributed by atoms with Crippen molar-refractivity contribution < 1.29 is 9.59 Å². The number of carbonyl (C=O) groups excluding carboxylic acids is 2. The van der Waals surface area contributed by atoms with Crippen LogP contribution >= 0.6 is 0 Å². The van der Waals surface area contributed by atoms with Crippen LogP contribution < -0.4 is 16.0 Å². The number of hydrogen-bond donors (Lipinski definition) is 3. The lowest BCUT2D eigenvalue weighted by Gasteiger charge is -2.12. The zero-order valence-electron chi connectivity index (χ0n) is 12.6. The van der Waals surface area contributed by atoms with Crippen LogP contribution in [0.25, 0.3) is 0 Å². The molecule has 1 heterocycles. The first kappa shape index (κ1) is 15.5. The molecule has 0 spiro atoms. The van der Waals surface area contributed by atoms with E-state index in [0.717, 1.165) is 30.6 Å². The summed E-state index contributed by atoms with van der Waals surface area (Å²) in [6.07, 6.45) is 1.95. The summed E-state index contributed by atoms with van der Waals surface area (Å²) in [6, 6.07) is 7.50. The molecule has 114 valence electrons. The Morgan fingerprint density at radius 3 is 2.86 bits per heavy atom. The maximum Gasteiger partial charge on any atom is 0.237 e. The summed E-state index contributed by atoms with van der Waals surface area (Å²) in [7, 11) is 0. The van der Waals surface area contributed by atoms with Crippen LogP contribution in [0.1, 0.15) is 32.3 Å². The van der Waals surface area contributed by atoms with E-state index < -0.39 is 0 Å². The Bertz CT molecular complexity index is 508. The molecule has 1 aliphatic heterocycles. The van der Waals surface area contributed by atoms with Crippen LogP contribution in [0.2, 0.25) is 0 Å². The number of amides is 2. The standard InChI is InChI=1S/C16H23N3O2/c1-11(2)15(20)19-13-6-3-5-12(9-13)10-18-16(21)14-7-4-8-17-14/h3,5-6,9,11,14,17H,4,7-8,10H2,1-2H3,(H,18,21)(H,19,20)/t14-/m0/s1. The number of rotatable bonds is 5. The average molecular weight is 289 g/mol. The molecule has 1 aromatic rings. The molecule has 5 heteroatoms. The van der Waals surface area contributed by atoms with Gasteiger partial charge in [0.25, 0.3) is 0 Å². The highest BCUT2D eigenvalue weighted by molar-refractivity contribution is 5.92. The molecular formula is C16H23N3O2. The van der Waals surface area contributed by atoms with Crippen LogP contribution in [0.4, 0.5) is 5.69 Å². The van der Waals surface area contributed by atoms with Crippen molar-refractivity contribution in [2.45, 2.75) is 39.3 Å². The smallest absolute Gasteiger partial charge is 0.237 e. The summed E-state index contributed by atoms with van der Waals surface area (Å²) in [5, 5.41) is 8.96. The van der Waals surface area contributed by atoms with Crippen LogP contribution in [0.15, 0.2) is 24.3 Å². The van der Waals surface area contributed by atoms with E-state index in [2.05, 4.69) is 16.0 Å². The molecule has 3 N–H and O–H groups in total. The maximum absolute atomic E-state index is 11.9. The van der Waals surface area contributed by atoms with E-state index in [1.54, 1.807) is 0 Å². The third-order valence-corrected chi connectivity index (χ3v) is 3.56. The molecule has 0 aliphatic carbocycles. The molecule has 0 saturated carbocycles. The number of carbonyl (C=O) groups is 2. The lowest BCUT2D eigenvalue weighted by molar-refractivity contribution is -0.123. The first-order valence-corrected chi connectivity index (χ1v) is 7.47. The van der Waals surface area contributed by atoms with Crippen molar-refractivity contribution in [3.05, 3.63) is 29.8 Å². The summed E-state index contributed by atoms with van der Waals surface area (Å²) >= 11 is 0. The summed E-state index contributed by atoms with van der Waals surface area (Å²) in [5.74, 6) is -0.0164. The second-order valence-electron chi connectivity index (χ2n) is 5.71. The Kier molecular flexibility index (Phi) is 5.33. The van der Waals surface area contributed by atoms with Crippen molar-refractivity contribution in [2.24, 2.45) is 5.92 Å². The second kappa shape index (κ2) is 7.22. The number of benzene rings is 1.